The molecule has 0 aliphatic carbocycles. The predicted molar refractivity (Wildman–Crippen MR) is 65.9 cm³/mol. The molecule has 0 fully saturated rings. The van der Waals surface area contributed by atoms with Gasteiger partial charge in [-0.25, -0.2) is 18.6 Å². The number of methoxy groups -OCH3 is 1. The normalized spacial score (nSPS) is 10.6. The van der Waals surface area contributed by atoms with Crippen LogP contribution in [0.2, 0.25) is 0 Å². The Bertz CT molecular complexity index is 415. The zero-order valence-corrected chi connectivity index (χ0v) is 11.9. The van der Waals surface area contributed by atoms with Crippen molar-refractivity contribution in [3.63, 3.8) is 0 Å². The average Bonchev–Trinajstić information content (AvgIpc) is 2.28. The number of halogens is 4. The highest BCUT2D eigenvalue weighted by atomic mass is 127. The third-order valence-corrected chi connectivity index (χ3v) is 3.61. The molecule has 1 aromatic rings. The molecule has 16 heavy (non-hydrogen) atoms. The van der Waals surface area contributed by atoms with Gasteiger partial charge in [-0.1, -0.05) is 15.9 Å². The zero-order chi connectivity index (χ0) is 12.3. The van der Waals surface area contributed by atoms with E-state index in [0.29, 0.717) is 14.5 Å². The molecule has 0 amide bonds. The molecular weight excluding hydrogens is 399 g/mol. The molecule has 88 valence electrons. The molecule has 7 heteroatoms. The van der Waals surface area contributed by atoms with Crippen molar-refractivity contribution >= 4 is 44.5 Å². The molecule has 0 saturated carbocycles. The Labute approximate surface area is 113 Å². The van der Waals surface area contributed by atoms with Crippen molar-refractivity contribution in [1.29, 1.82) is 0 Å². The fourth-order valence-corrected chi connectivity index (χ4v) is 2.70. The Hall–Kier alpha value is -0.310. The monoisotopic (exact) mass is 405 g/mol. The van der Waals surface area contributed by atoms with Crippen molar-refractivity contribution < 1.29 is 18.3 Å². The van der Waals surface area contributed by atoms with Crippen molar-refractivity contribution in [3.8, 4) is 0 Å². The van der Waals surface area contributed by atoms with E-state index < -0.39 is 18.1 Å². The highest BCUT2D eigenvalue weighted by Gasteiger charge is 2.20. The number of rotatable bonds is 3. The molecule has 0 radical (unpaired) electrons. The van der Waals surface area contributed by atoms with Gasteiger partial charge in [-0.2, -0.15) is 0 Å². The molecule has 0 spiro atoms. The largest absolute Gasteiger partial charge is 0.464 e. The quantitative estimate of drug-likeness (QED) is 0.440. The van der Waals surface area contributed by atoms with Gasteiger partial charge in [-0.3, -0.25) is 0 Å². The SMILES string of the molecule is COC(=O)c1nc(C(F)F)cc(CBr)c1I. The first-order valence-electron chi connectivity index (χ1n) is 4.13. The smallest absolute Gasteiger partial charge is 0.357 e. The van der Waals surface area contributed by atoms with Gasteiger partial charge in [-0.05, 0) is 34.2 Å². The molecule has 0 aromatic carbocycles. The highest BCUT2D eigenvalue weighted by molar-refractivity contribution is 14.1. The van der Waals surface area contributed by atoms with Gasteiger partial charge in [0, 0.05) is 5.33 Å². The number of ether oxygens (including phenoxy) is 1. The van der Waals surface area contributed by atoms with E-state index in [4.69, 9.17) is 0 Å². The number of alkyl halides is 3. The Morgan fingerprint density at radius 2 is 2.31 bits per heavy atom. The Kier molecular flexibility index (Phi) is 5.03. The minimum absolute atomic E-state index is 0.0737. The topological polar surface area (TPSA) is 39.2 Å². The van der Waals surface area contributed by atoms with Crippen LogP contribution in [0.25, 0.3) is 0 Å². The summed E-state index contributed by atoms with van der Waals surface area (Å²) in [7, 11) is 1.18. The van der Waals surface area contributed by atoms with Gasteiger partial charge in [0.15, 0.2) is 5.69 Å². The fourth-order valence-electron chi connectivity index (χ4n) is 1.05. The predicted octanol–water partition coefficient (Wildman–Crippen LogP) is 3.31. The lowest BCUT2D eigenvalue weighted by Gasteiger charge is -2.09. The summed E-state index contributed by atoms with van der Waals surface area (Å²) in [5, 5.41) is 0.373. The Morgan fingerprint density at radius 1 is 1.69 bits per heavy atom. The molecule has 0 unspecified atom stereocenters. The molecule has 0 bridgehead atoms. The molecule has 1 heterocycles. The van der Waals surface area contributed by atoms with Crippen molar-refractivity contribution in [2.75, 3.05) is 7.11 Å². The molecule has 0 N–H and O–H groups in total. The van der Waals surface area contributed by atoms with E-state index in [9.17, 15) is 13.6 Å². The number of carbonyl (C=O) groups is 1. The van der Waals surface area contributed by atoms with E-state index in [1.807, 2.05) is 22.6 Å². The number of hydrogen-bond acceptors (Lipinski definition) is 3. The lowest BCUT2D eigenvalue weighted by Crippen LogP contribution is -2.11. The second-order valence-electron chi connectivity index (χ2n) is 2.79. The minimum atomic E-state index is -2.71. The van der Waals surface area contributed by atoms with Crippen LogP contribution in [-0.4, -0.2) is 18.1 Å². The third kappa shape index (κ3) is 2.88. The van der Waals surface area contributed by atoms with E-state index in [2.05, 4.69) is 25.7 Å². The van der Waals surface area contributed by atoms with Crippen LogP contribution in [0.3, 0.4) is 0 Å². The Balaban J connectivity index is 3.35. The molecule has 0 atom stereocenters. The zero-order valence-electron chi connectivity index (χ0n) is 8.14. The fraction of sp³-hybridized carbons (Fsp3) is 0.333. The van der Waals surface area contributed by atoms with Gasteiger partial charge in [0.25, 0.3) is 6.43 Å². The van der Waals surface area contributed by atoms with Crippen LogP contribution < -0.4 is 0 Å². The van der Waals surface area contributed by atoms with Gasteiger partial charge < -0.3 is 4.74 Å². The van der Waals surface area contributed by atoms with Crippen LogP contribution in [-0.2, 0) is 10.1 Å². The van der Waals surface area contributed by atoms with E-state index in [1.165, 1.54) is 13.2 Å². The lowest BCUT2D eigenvalue weighted by molar-refractivity contribution is 0.0590. The van der Waals surface area contributed by atoms with Crippen LogP contribution in [0.1, 0.15) is 28.2 Å². The summed E-state index contributed by atoms with van der Waals surface area (Å²) >= 11 is 5.05. The summed E-state index contributed by atoms with van der Waals surface area (Å²) in [6, 6.07) is 1.27. The Morgan fingerprint density at radius 3 is 2.75 bits per heavy atom. The number of nitrogens with zero attached hydrogens (tertiary/aromatic N) is 1. The van der Waals surface area contributed by atoms with Crippen molar-refractivity contribution in [2.45, 2.75) is 11.8 Å². The minimum Gasteiger partial charge on any atom is -0.464 e. The molecule has 0 aliphatic rings. The van der Waals surface area contributed by atoms with Gasteiger partial charge in [0.1, 0.15) is 5.69 Å². The molecule has 1 rings (SSSR count). The number of carbonyl (C=O) groups excluding carboxylic acids is 1. The van der Waals surface area contributed by atoms with Crippen molar-refractivity contribution in [2.24, 2.45) is 0 Å². The van der Waals surface area contributed by atoms with Crippen LogP contribution >= 0.6 is 38.5 Å². The number of pyridine rings is 1. The average molecular weight is 406 g/mol. The van der Waals surface area contributed by atoms with E-state index in [0.717, 1.165) is 0 Å². The molecule has 1 aromatic heterocycles. The summed E-state index contributed by atoms with van der Waals surface area (Å²) in [4.78, 5) is 14.9. The first-order chi connectivity index (χ1) is 7.51. The lowest BCUT2D eigenvalue weighted by atomic mass is 10.2. The van der Waals surface area contributed by atoms with E-state index >= 15 is 0 Å². The molecule has 3 nitrogen and oxygen atoms in total. The highest BCUT2D eigenvalue weighted by Crippen LogP contribution is 2.25. The van der Waals surface area contributed by atoms with Crippen LogP contribution in [0.15, 0.2) is 6.07 Å². The third-order valence-electron chi connectivity index (χ3n) is 1.80. The summed E-state index contributed by atoms with van der Waals surface area (Å²) in [6.45, 7) is 0. The summed E-state index contributed by atoms with van der Waals surface area (Å²) in [6.07, 6.45) is -2.71. The number of hydrogen-bond donors (Lipinski definition) is 0. The summed E-state index contributed by atoms with van der Waals surface area (Å²) in [5.74, 6) is -0.714. The van der Waals surface area contributed by atoms with Gasteiger partial charge in [-0.15, -0.1) is 0 Å². The number of aromatic nitrogens is 1. The first kappa shape index (κ1) is 13.8. The van der Waals surface area contributed by atoms with Gasteiger partial charge in [0.2, 0.25) is 0 Å². The maximum Gasteiger partial charge on any atom is 0.357 e. The maximum absolute atomic E-state index is 12.5. The van der Waals surface area contributed by atoms with Crippen LogP contribution in [0, 0.1) is 3.57 Å². The summed E-state index contributed by atoms with van der Waals surface area (Å²) in [5.41, 5.74) is 0.0944. The van der Waals surface area contributed by atoms with Crippen molar-refractivity contribution in [3.05, 3.63) is 26.6 Å². The van der Waals surface area contributed by atoms with Crippen LogP contribution in [0.4, 0.5) is 8.78 Å². The first-order valence-corrected chi connectivity index (χ1v) is 6.33. The second kappa shape index (κ2) is 5.85. The summed E-state index contributed by atoms with van der Waals surface area (Å²) < 4.78 is 30.1. The van der Waals surface area contributed by atoms with Gasteiger partial charge in [0.05, 0.1) is 10.7 Å². The number of esters is 1. The van der Waals surface area contributed by atoms with Crippen molar-refractivity contribution in [1.82, 2.24) is 4.98 Å². The van der Waals surface area contributed by atoms with E-state index in [-0.39, 0.29) is 5.69 Å². The van der Waals surface area contributed by atoms with Gasteiger partial charge >= 0.3 is 5.97 Å². The molecule has 0 saturated heterocycles. The standard InChI is InChI=1S/C9H7BrF2INO2/c1-16-9(15)7-6(13)4(3-10)2-5(14-7)8(11)12/h2,8H,3H2,1H3. The maximum atomic E-state index is 12.5. The van der Waals surface area contributed by atoms with E-state index in [1.54, 1.807) is 0 Å². The van der Waals surface area contributed by atoms with Crippen LogP contribution in [0.5, 0.6) is 0 Å². The molecule has 0 aliphatic heterocycles. The molecular formula is C9H7BrF2INO2. The second-order valence-corrected chi connectivity index (χ2v) is 4.43.